The molecule has 1 aromatic heterocycles. The summed E-state index contributed by atoms with van der Waals surface area (Å²) < 4.78 is 37.2. The fourth-order valence-electron chi connectivity index (χ4n) is 1.71. The van der Waals surface area contributed by atoms with Crippen LogP contribution in [0.4, 0.5) is 0 Å². The summed E-state index contributed by atoms with van der Waals surface area (Å²) in [6.07, 6.45) is 0. The van der Waals surface area contributed by atoms with E-state index in [-0.39, 0.29) is 6.54 Å². The molecule has 1 saturated heterocycles. The van der Waals surface area contributed by atoms with Crippen molar-refractivity contribution in [2.24, 2.45) is 5.73 Å². The van der Waals surface area contributed by atoms with Crippen LogP contribution in [0, 0.1) is 0 Å². The van der Waals surface area contributed by atoms with Crippen molar-refractivity contribution in [2.75, 3.05) is 24.6 Å². The van der Waals surface area contributed by atoms with Crippen LogP contribution in [-0.2, 0) is 27.4 Å². The van der Waals surface area contributed by atoms with E-state index < -0.39 is 20.8 Å². The highest BCUT2D eigenvalue weighted by Gasteiger charge is 2.30. The van der Waals surface area contributed by atoms with Crippen LogP contribution in [0.2, 0.25) is 0 Å². The Morgan fingerprint density at radius 1 is 1.41 bits per heavy atom. The lowest BCUT2D eigenvalue weighted by molar-refractivity contribution is 0.438. The van der Waals surface area contributed by atoms with Crippen LogP contribution in [0.1, 0.15) is 4.88 Å². The van der Waals surface area contributed by atoms with Crippen LogP contribution in [-0.4, -0.2) is 41.5 Å². The van der Waals surface area contributed by atoms with Crippen molar-refractivity contribution in [3.05, 3.63) is 16.3 Å². The Bertz CT molecular complexity index is 513. The predicted molar refractivity (Wildman–Crippen MR) is 68.8 cm³/mol. The Morgan fingerprint density at radius 3 is 2.65 bits per heavy atom. The van der Waals surface area contributed by atoms with E-state index in [2.05, 4.69) is 0 Å². The van der Waals surface area contributed by atoms with Crippen LogP contribution in [0.5, 0.6) is 0 Å². The average molecular weight is 294 g/mol. The quantitative estimate of drug-likeness (QED) is 0.848. The maximum Gasteiger partial charge on any atom is 0.244 e. The smallest absolute Gasteiger partial charge is 0.244 e. The van der Waals surface area contributed by atoms with Crippen molar-refractivity contribution >= 4 is 32.2 Å². The first-order valence-electron chi connectivity index (χ1n) is 5.17. The molecule has 8 heteroatoms. The van der Waals surface area contributed by atoms with Crippen LogP contribution < -0.4 is 5.73 Å². The molecule has 0 atom stereocenters. The summed E-state index contributed by atoms with van der Waals surface area (Å²) >= 11 is 1.35. The summed E-state index contributed by atoms with van der Waals surface area (Å²) in [7, 11) is -4.33. The first-order valence-corrected chi connectivity index (χ1v) is 8.98. The average Bonchev–Trinajstić information content (AvgIpc) is 2.78. The van der Waals surface area contributed by atoms with Crippen molar-refractivity contribution in [3.63, 3.8) is 0 Å². The second-order valence-electron chi connectivity index (χ2n) is 3.66. The molecule has 1 aromatic rings. The third-order valence-corrected chi connectivity index (χ3v) is 6.98. The second kappa shape index (κ2) is 5.15. The van der Waals surface area contributed by atoms with Gasteiger partial charge in [0, 0.05) is 46.8 Å². The molecule has 1 fully saturated rings. The lowest BCUT2D eigenvalue weighted by Crippen LogP contribution is -2.41. The van der Waals surface area contributed by atoms with E-state index in [1.54, 1.807) is 11.4 Å². The Labute approximate surface area is 107 Å². The molecule has 5 nitrogen and oxygen atoms in total. The van der Waals surface area contributed by atoms with Crippen LogP contribution in [0.25, 0.3) is 0 Å². The molecule has 0 bridgehead atoms. The van der Waals surface area contributed by atoms with Crippen LogP contribution >= 0.6 is 11.3 Å². The van der Waals surface area contributed by atoms with Crippen molar-refractivity contribution in [3.8, 4) is 0 Å². The molecule has 96 valence electrons. The van der Waals surface area contributed by atoms with Crippen molar-refractivity contribution in [1.29, 1.82) is 0 Å². The zero-order valence-electron chi connectivity index (χ0n) is 9.16. The highest BCUT2D eigenvalue weighted by atomic mass is 32.2. The topological polar surface area (TPSA) is 80.5 Å². The molecule has 0 spiro atoms. The number of sulfonamides is 1. The summed E-state index contributed by atoms with van der Waals surface area (Å²) in [4.78, 5) is 0.981. The van der Waals surface area contributed by atoms with Gasteiger partial charge < -0.3 is 5.73 Å². The number of nitrogens with zero attached hydrogens (tertiary/aromatic N) is 1. The molecule has 0 aromatic carbocycles. The normalized spacial score (nSPS) is 19.6. The standard InChI is InChI=1S/C9H14N2O3S3/c10-7-8-9(1-4-15-8)17(13,14)11-2-5-16(12)6-3-11/h1,4H,2-3,5-7,10H2. The zero-order valence-corrected chi connectivity index (χ0v) is 11.6. The largest absolute Gasteiger partial charge is 0.326 e. The number of nitrogens with two attached hydrogens (primary N) is 1. The van der Waals surface area contributed by atoms with Gasteiger partial charge in [-0.1, -0.05) is 0 Å². The van der Waals surface area contributed by atoms with E-state index in [4.69, 9.17) is 5.73 Å². The minimum Gasteiger partial charge on any atom is -0.326 e. The van der Waals surface area contributed by atoms with Gasteiger partial charge >= 0.3 is 0 Å². The number of hydrogen-bond donors (Lipinski definition) is 1. The van der Waals surface area contributed by atoms with Crippen molar-refractivity contribution < 1.29 is 12.6 Å². The third kappa shape index (κ3) is 2.60. The first-order chi connectivity index (χ1) is 8.05. The highest BCUT2D eigenvalue weighted by molar-refractivity contribution is 7.89. The van der Waals surface area contributed by atoms with E-state index in [0.717, 1.165) is 0 Å². The number of thiophene rings is 1. The third-order valence-electron chi connectivity index (χ3n) is 2.64. The SMILES string of the molecule is NCc1sccc1S(=O)(=O)N1CCS(=O)CC1. The molecule has 0 amide bonds. The molecule has 17 heavy (non-hydrogen) atoms. The van der Waals surface area contributed by atoms with Crippen molar-refractivity contribution in [2.45, 2.75) is 11.4 Å². The molecule has 0 saturated carbocycles. The molecule has 0 aliphatic carbocycles. The number of rotatable bonds is 3. The number of hydrogen-bond acceptors (Lipinski definition) is 5. The molecule has 2 N–H and O–H groups in total. The lowest BCUT2D eigenvalue weighted by atomic mass is 10.5. The molecular formula is C9H14N2O3S3. The minimum atomic E-state index is -3.46. The van der Waals surface area contributed by atoms with Gasteiger partial charge in [0.2, 0.25) is 10.0 Å². The Kier molecular flexibility index (Phi) is 3.99. The minimum absolute atomic E-state index is 0.228. The van der Waals surface area contributed by atoms with Crippen LogP contribution in [0.15, 0.2) is 16.3 Å². The summed E-state index contributed by atoms with van der Waals surface area (Å²) in [6.45, 7) is 0.885. The van der Waals surface area contributed by atoms with E-state index in [1.165, 1.54) is 15.6 Å². The van der Waals surface area contributed by atoms with E-state index in [9.17, 15) is 12.6 Å². The van der Waals surface area contributed by atoms with Crippen LogP contribution in [0.3, 0.4) is 0 Å². The van der Waals surface area contributed by atoms with Gasteiger partial charge in [0.25, 0.3) is 0 Å². The summed E-state index contributed by atoms with van der Waals surface area (Å²) in [5, 5.41) is 1.73. The second-order valence-corrected chi connectivity index (χ2v) is 8.27. The molecule has 1 aliphatic rings. The summed E-state index contributed by atoms with van der Waals surface area (Å²) in [5.74, 6) is 0.836. The molecule has 2 rings (SSSR count). The van der Waals surface area contributed by atoms with Gasteiger partial charge in [0.1, 0.15) is 0 Å². The predicted octanol–water partition coefficient (Wildman–Crippen LogP) is -0.0402. The summed E-state index contributed by atoms with van der Waals surface area (Å²) in [6, 6.07) is 1.59. The zero-order chi connectivity index (χ0) is 12.5. The highest BCUT2D eigenvalue weighted by Crippen LogP contribution is 2.25. The molecular weight excluding hydrogens is 280 g/mol. The molecule has 2 heterocycles. The molecule has 0 unspecified atom stereocenters. The van der Waals surface area contributed by atoms with Gasteiger partial charge in [-0.3, -0.25) is 4.21 Å². The van der Waals surface area contributed by atoms with E-state index in [1.807, 2.05) is 0 Å². The fourth-order valence-corrected chi connectivity index (χ4v) is 5.74. The summed E-state index contributed by atoms with van der Waals surface area (Å²) in [5.41, 5.74) is 5.52. The van der Waals surface area contributed by atoms with Gasteiger partial charge in [-0.2, -0.15) is 4.31 Å². The maximum absolute atomic E-state index is 12.3. The van der Waals surface area contributed by atoms with Gasteiger partial charge in [-0.25, -0.2) is 8.42 Å². The van der Waals surface area contributed by atoms with Crippen molar-refractivity contribution in [1.82, 2.24) is 4.31 Å². The lowest BCUT2D eigenvalue weighted by Gasteiger charge is -2.25. The monoisotopic (exact) mass is 294 g/mol. The first kappa shape index (κ1) is 13.2. The Balaban J connectivity index is 2.27. The van der Waals surface area contributed by atoms with Gasteiger partial charge in [-0.15, -0.1) is 11.3 Å². The molecule has 0 radical (unpaired) electrons. The Hall–Kier alpha value is -0.280. The van der Waals surface area contributed by atoms with Gasteiger partial charge in [0.05, 0.1) is 4.90 Å². The molecule has 1 aliphatic heterocycles. The van der Waals surface area contributed by atoms with E-state index in [0.29, 0.717) is 34.4 Å². The Morgan fingerprint density at radius 2 is 2.06 bits per heavy atom. The van der Waals surface area contributed by atoms with E-state index >= 15 is 0 Å². The van der Waals surface area contributed by atoms with Gasteiger partial charge in [0.15, 0.2) is 0 Å². The fraction of sp³-hybridized carbons (Fsp3) is 0.556. The maximum atomic E-state index is 12.3. The van der Waals surface area contributed by atoms with Gasteiger partial charge in [-0.05, 0) is 11.4 Å².